The minimum Gasteiger partial charge on any atom is -0.351 e. The molecule has 1 atom stereocenters. The number of hydrogen-bond donors (Lipinski definition) is 0. The highest BCUT2D eigenvalue weighted by Crippen LogP contribution is 2.23. The zero-order chi connectivity index (χ0) is 23.4. The van der Waals surface area contributed by atoms with E-state index in [1.54, 1.807) is 17.2 Å². The fourth-order valence-corrected chi connectivity index (χ4v) is 4.16. The summed E-state index contributed by atoms with van der Waals surface area (Å²) in [5.41, 5.74) is 3.95. The predicted molar refractivity (Wildman–Crippen MR) is 126 cm³/mol. The van der Waals surface area contributed by atoms with Gasteiger partial charge in [-0.25, -0.2) is 0 Å². The van der Waals surface area contributed by atoms with E-state index in [9.17, 15) is 9.59 Å². The molecule has 1 aliphatic heterocycles. The maximum atomic E-state index is 13.2. The molecular weight excluding hydrogens is 416 g/mol. The first-order chi connectivity index (χ1) is 16.0. The van der Waals surface area contributed by atoms with Gasteiger partial charge in [0.25, 0.3) is 5.91 Å². The highest BCUT2D eigenvalue weighted by atomic mass is 16.5. The first kappa shape index (κ1) is 22.7. The van der Waals surface area contributed by atoms with Crippen molar-refractivity contribution in [2.24, 2.45) is 5.92 Å². The molecule has 3 aromatic rings. The van der Waals surface area contributed by atoms with Gasteiger partial charge in [-0.05, 0) is 42.0 Å². The van der Waals surface area contributed by atoms with E-state index >= 15 is 0 Å². The predicted octanol–water partition coefficient (Wildman–Crippen LogP) is 4.02. The SMILES string of the molecule is CCN1CCN(C(=O)c2cc(C(C)C)no2)CC(Cc2ccc(-c3cccnc3)cc2)C1=O. The third-order valence-corrected chi connectivity index (χ3v) is 6.17. The third-order valence-electron chi connectivity index (χ3n) is 6.17. The van der Waals surface area contributed by atoms with Crippen LogP contribution in [0.5, 0.6) is 0 Å². The molecule has 1 unspecified atom stereocenters. The molecule has 2 amide bonds. The molecule has 0 radical (unpaired) electrons. The summed E-state index contributed by atoms with van der Waals surface area (Å²) in [5, 5.41) is 4.02. The Balaban J connectivity index is 1.52. The molecule has 0 aliphatic carbocycles. The zero-order valence-electron chi connectivity index (χ0n) is 19.4. The van der Waals surface area contributed by atoms with E-state index in [0.29, 0.717) is 32.6 Å². The van der Waals surface area contributed by atoms with Crippen molar-refractivity contribution >= 4 is 11.8 Å². The maximum absolute atomic E-state index is 13.2. The van der Waals surface area contributed by atoms with Crippen LogP contribution >= 0.6 is 0 Å². The summed E-state index contributed by atoms with van der Waals surface area (Å²) in [6.07, 6.45) is 4.16. The van der Waals surface area contributed by atoms with Crippen LogP contribution in [0, 0.1) is 5.92 Å². The van der Waals surface area contributed by atoms with Gasteiger partial charge in [0.15, 0.2) is 0 Å². The number of nitrogens with zero attached hydrogens (tertiary/aromatic N) is 4. The van der Waals surface area contributed by atoms with E-state index in [2.05, 4.69) is 22.3 Å². The Morgan fingerprint density at radius 2 is 1.94 bits per heavy atom. The van der Waals surface area contributed by atoms with Crippen LogP contribution in [0.1, 0.15) is 48.5 Å². The lowest BCUT2D eigenvalue weighted by Crippen LogP contribution is -2.37. The van der Waals surface area contributed by atoms with Crippen LogP contribution in [-0.2, 0) is 11.2 Å². The average Bonchev–Trinajstić information content (AvgIpc) is 3.28. The number of carbonyl (C=O) groups excluding carboxylic acids is 2. The molecule has 0 bridgehead atoms. The van der Waals surface area contributed by atoms with Gasteiger partial charge < -0.3 is 14.3 Å². The van der Waals surface area contributed by atoms with E-state index in [1.165, 1.54) is 0 Å². The molecule has 0 saturated carbocycles. The van der Waals surface area contributed by atoms with Crippen LogP contribution in [-0.4, -0.2) is 57.9 Å². The number of aromatic nitrogens is 2. The normalized spacial score (nSPS) is 16.8. The topological polar surface area (TPSA) is 79.5 Å². The van der Waals surface area contributed by atoms with Crippen LogP contribution in [0.15, 0.2) is 59.4 Å². The monoisotopic (exact) mass is 446 g/mol. The molecule has 7 nitrogen and oxygen atoms in total. The van der Waals surface area contributed by atoms with Crippen molar-refractivity contribution in [3.63, 3.8) is 0 Å². The van der Waals surface area contributed by atoms with Crippen LogP contribution < -0.4 is 0 Å². The molecular formula is C26H30N4O3. The van der Waals surface area contributed by atoms with Crippen LogP contribution in [0.3, 0.4) is 0 Å². The Bertz CT molecular complexity index is 1090. The molecule has 0 N–H and O–H groups in total. The molecule has 1 fully saturated rings. The first-order valence-corrected chi connectivity index (χ1v) is 11.5. The lowest BCUT2D eigenvalue weighted by molar-refractivity contribution is -0.134. The molecule has 1 saturated heterocycles. The van der Waals surface area contributed by atoms with Gasteiger partial charge in [-0.2, -0.15) is 0 Å². The number of pyridine rings is 1. The Hall–Kier alpha value is -3.48. The smallest absolute Gasteiger partial charge is 0.292 e. The molecule has 3 heterocycles. The fraction of sp³-hybridized carbons (Fsp3) is 0.385. The Kier molecular flexibility index (Phi) is 6.87. The van der Waals surface area contributed by atoms with Crippen molar-refractivity contribution in [1.29, 1.82) is 0 Å². The second kappa shape index (κ2) is 9.98. The van der Waals surface area contributed by atoms with Crippen molar-refractivity contribution in [2.45, 2.75) is 33.1 Å². The van der Waals surface area contributed by atoms with E-state index < -0.39 is 0 Å². The molecule has 1 aromatic carbocycles. The van der Waals surface area contributed by atoms with Gasteiger partial charge >= 0.3 is 0 Å². The van der Waals surface area contributed by atoms with E-state index in [4.69, 9.17) is 4.52 Å². The van der Waals surface area contributed by atoms with Crippen molar-refractivity contribution in [3.8, 4) is 11.1 Å². The van der Waals surface area contributed by atoms with Gasteiger partial charge in [-0.1, -0.05) is 49.3 Å². The quantitative estimate of drug-likeness (QED) is 0.571. The number of rotatable bonds is 6. The fourth-order valence-electron chi connectivity index (χ4n) is 4.16. The van der Waals surface area contributed by atoms with Crippen LogP contribution in [0.2, 0.25) is 0 Å². The van der Waals surface area contributed by atoms with E-state index in [0.717, 1.165) is 22.4 Å². The highest BCUT2D eigenvalue weighted by Gasteiger charge is 2.33. The molecule has 2 aromatic heterocycles. The van der Waals surface area contributed by atoms with Crippen molar-refractivity contribution < 1.29 is 14.1 Å². The summed E-state index contributed by atoms with van der Waals surface area (Å²) >= 11 is 0. The molecule has 4 rings (SSSR count). The number of hydrogen-bond acceptors (Lipinski definition) is 5. The van der Waals surface area contributed by atoms with Crippen LogP contribution in [0.25, 0.3) is 11.1 Å². The molecule has 33 heavy (non-hydrogen) atoms. The lowest BCUT2D eigenvalue weighted by atomic mass is 9.96. The standard InChI is InChI=1S/C26H30N4O3/c1-4-29-12-13-30(26(32)24-15-23(18(2)3)28-33-24)17-22(25(29)31)14-19-7-9-20(10-8-19)21-6-5-11-27-16-21/h5-11,15-16,18,22H,4,12-14,17H2,1-3H3. The number of benzene rings is 1. The summed E-state index contributed by atoms with van der Waals surface area (Å²) in [6, 6.07) is 13.8. The van der Waals surface area contributed by atoms with Gasteiger partial charge in [-0.3, -0.25) is 14.6 Å². The Morgan fingerprint density at radius 3 is 2.58 bits per heavy atom. The summed E-state index contributed by atoms with van der Waals surface area (Å²) in [7, 11) is 0. The summed E-state index contributed by atoms with van der Waals surface area (Å²) < 4.78 is 5.33. The van der Waals surface area contributed by atoms with Gasteiger partial charge in [0.2, 0.25) is 11.7 Å². The Morgan fingerprint density at radius 1 is 1.15 bits per heavy atom. The van der Waals surface area contributed by atoms with Gasteiger partial charge in [0.1, 0.15) is 0 Å². The highest BCUT2D eigenvalue weighted by molar-refractivity contribution is 5.92. The van der Waals surface area contributed by atoms with E-state index in [-0.39, 0.29) is 29.4 Å². The van der Waals surface area contributed by atoms with E-state index in [1.807, 2.05) is 56.1 Å². The summed E-state index contributed by atoms with van der Waals surface area (Å²) in [5.74, 6) is -0.0237. The Labute approximate surface area is 194 Å². The first-order valence-electron chi connectivity index (χ1n) is 11.5. The number of likely N-dealkylation sites (N-methyl/N-ethyl adjacent to an activating group) is 1. The second-order valence-electron chi connectivity index (χ2n) is 8.78. The molecule has 0 spiro atoms. The maximum Gasteiger partial charge on any atom is 0.292 e. The van der Waals surface area contributed by atoms with Crippen LogP contribution in [0.4, 0.5) is 0 Å². The molecule has 7 heteroatoms. The molecule has 1 aliphatic rings. The zero-order valence-corrected chi connectivity index (χ0v) is 19.4. The number of amides is 2. The van der Waals surface area contributed by atoms with Gasteiger partial charge in [0, 0.05) is 44.6 Å². The lowest BCUT2D eigenvalue weighted by Gasteiger charge is -2.23. The second-order valence-corrected chi connectivity index (χ2v) is 8.78. The van der Waals surface area contributed by atoms with Gasteiger partial charge in [0.05, 0.1) is 11.6 Å². The van der Waals surface area contributed by atoms with Gasteiger partial charge in [-0.15, -0.1) is 0 Å². The third kappa shape index (κ3) is 5.13. The number of carbonyl (C=O) groups is 2. The molecule has 172 valence electrons. The van der Waals surface area contributed by atoms with Crippen molar-refractivity contribution in [3.05, 3.63) is 71.9 Å². The van der Waals surface area contributed by atoms with Crippen molar-refractivity contribution in [1.82, 2.24) is 19.9 Å². The minimum absolute atomic E-state index is 0.0876. The summed E-state index contributed by atoms with van der Waals surface area (Å²) in [6.45, 7) is 7.96. The average molecular weight is 447 g/mol. The van der Waals surface area contributed by atoms with Crippen molar-refractivity contribution in [2.75, 3.05) is 26.2 Å². The minimum atomic E-state index is -0.312. The largest absolute Gasteiger partial charge is 0.351 e. The summed E-state index contributed by atoms with van der Waals surface area (Å²) in [4.78, 5) is 34.1.